The summed E-state index contributed by atoms with van der Waals surface area (Å²) in [5.41, 5.74) is 2.04. The van der Waals surface area contributed by atoms with E-state index in [1.54, 1.807) is 6.20 Å². The molecule has 2 heterocycles. The maximum atomic E-state index is 12.5. The highest BCUT2D eigenvalue weighted by Crippen LogP contribution is 2.21. The highest BCUT2D eigenvalue weighted by molar-refractivity contribution is 7.88. The Bertz CT molecular complexity index is 668. The summed E-state index contributed by atoms with van der Waals surface area (Å²) in [5.74, 6) is -0.378. The van der Waals surface area contributed by atoms with Crippen LogP contribution >= 0.6 is 0 Å². The van der Waals surface area contributed by atoms with Crippen LogP contribution in [0.25, 0.3) is 0 Å². The molecule has 8 heteroatoms. The van der Waals surface area contributed by atoms with Gasteiger partial charge in [-0.25, -0.2) is 12.7 Å². The minimum Gasteiger partial charge on any atom is -0.349 e. The molecule has 130 valence electrons. The highest BCUT2D eigenvalue weighted by Gasteiger charge is 2.31. The van der Waals surface area contributed by atoms with Gasteiger partial charge in [0.1, 0.15) is 0 Å². The van der Waals surface area contributed by atoms with Crippen LogP contribution in [0.5, 0.6) is 0 Å². The molecular weight excluding hydrogens is 316 g/mol. The van der Waals surface area contributed by atoms with E-state index < -0.39 is 10.0 Å². The minimum absolute atomic E-state index is 0.0884. The van der Waals surface area contributed by atoms with E-state index in [0.29, 0.717) is 13.0 Å². The lowest BCUT2D eigenvalue weighted by atomic mass is 9.98. The standard InChI is InChI=1S/C15H26N4O3S/c1-5-19-12(3)14(9-16-19)11(2)17-15(20)13-7-6-8-18(10-13)23(4,21)22/h9,11,13H,5-8,10H2,1-4H3,(H,17,20)/t11-,13+/m1/s1. The molecule has 0 unspecified atom stereocenters. The molecule has 2 atom stereocenters. The van der Waals surface area contributed by atoms with E-state index in [-0.39, 0.29) is 24.4 Å². The van der Waals surface area contributed by atoms with E-state index in [1.807, 2.05) is 25.5 Å². The molecule has 1 aromatic heterocycles. The van der Waals surface area contributed by atoms with Gasteiger partial charge in [-0.15, -0.1) is 0 Å². The summed E-state index contributed by atoms with van der Waals surface area (Å²) in [6.45, 7) is 7.50. The van der Waals surface area contributed by atoms with Crippen molar-refractivity contribution in [1.82, 2.24) is 19.4 Å². The first-order chi connectivity index (χ1) is 10.7. The number of aromatic nitrogens is 2. The molecule has 0 saturated carbocycles. The van der Waals surface area contributed by atoms with Crippen LogP contribution in [0.15, 0.2) is 6.20 Å². The SMILES string of the molecule is CCn1ncc([C@@H](C)NC(=O)[C@H]2CCCN(S(C)(=O)=O)C2)c1C. The summed E-state index contributed by atoms with van der Waals surface area (Å²) in [4.78, 5) is 12.5. The summed E-state index contributed by atoms with van der Waals surface area (Å²) in [5, 5.41) is 7.30. The molecule has 0 aliphatic carbocycles. The number of piperidine rings is 1. The van der Waals surface area contributed by atoms with E-state index in [4.69, 9.17) is 0 Å². The highest BCUT2D eigenvalue weighted by atomic mass is 32.2. The normalized spacial score (nSPS) is 21.1. The van der Waals surface area contributed by atoms with Crippen LogP contribution in [0.2, 0.25) is 0 Å². The summed E-state index contributed by atoms with van der Waals surface area (Å²) in [7, 11) is -3.24. The fourth-order valence-corrected chi connectivity index (χ4v) is 3.98. The van der Waals surface area contributed by atoms with E-state index in [2.05, 4.69) is 10.4 Å². The molecule has 1 fully saturated rings. The van der Waals surface area contributed by atoms with E-state index in [0.717, 1.165) is 24.2 Å². The Kier molecular flexibility index (Phi) is 5.46. The first-order valence-corrected chi connectivity index (χ1v) is 9.86. The van der Waals surface area contributed by atoms with Gasteiger partial charge in [0.15, 0.2) is 0 Å². The number of carbonyl (C=O) groups is 1. The molecule has 0 spiro atoms. The minimum atomic E-state index is -3.24. The molecule has 0 radical (unpaired) electrons. The lowest BCUT2D eigenvalue weighted by molar-refractivity contribution is -0.126. The quantitative estimate of drug-likeness (QED) is 0.867. The van der Waals surface area contributed by atoms with E-state index >= 15 is 0 Å². The van der Waals surface area contributed by atoms with Crippen molar-refractivity contribution in [2.24, 2.45) is 5.92 Å². The maximum Gasteiger partial charge on any atom is 0.224 e. The summed E-state index contributed by atoms with van der Waals surface area (Å²) in [6, 6.07) is -0.142. The average molecular weight is 342 g/mol. The number of hydrogen-bond donors (Lipinski definition) is 1. The predicted molar refractivity (Wildman–Crippen MR) is 88.3 cm³/mol. The summed E-state index contributed by atoms with van der Waals surface area (Å²) in [6.07, 6.45) is 4.41. The third-order valence-electron chi connectivity index (χ3n) is 4.49. The Balaban J connectivity index is 2.02. The third kappa shape index (κ3) is 4.11. The van der Waals surface area contributed by atoms with Gasteiger partial charge in [-0.2, -0.15) is 5.10 Å². The molecule has 23 heavy (non-hydrogen) atoms. The fraction of sp³-hybridized carbons (Fsp3) is 0.733. The lowest BCUT2D eigenvalue weighted by Gasteiger charge is -2.30. The van der Waals surface area contributed by atoms with Crippen LogP contribution in [-0.4, -0.2) is 47.8 Å². The lowest BCUT2D eigenvalue weighted by Crippen LogP contribution is -2.45. The van der Waals surface area contributed by atoms with E-state index in [1.165, 1.54) is 10.6 Å². The van der Waals surface area contributed by atoms with Gasteiger partial charge in [0.2, 0.25) is 15.9 Å². The number of nitrogens with one attached hydrogen (secondary N) is 1. The maximum absolute atomic E-state index is 12.5. The van der Waals surface area contributed by atoms with Crippen LogP contribution in [0.1, 0.15) is 44.0 Å². The van der Waals surface area contributed by atoms with Crippen LogP contribution in [0.3, 0.4) is 0 Å². The van der Waals surface area contributed by atoms with Crippen molar-refractivity contribution in [1.29, 1.82) is 0 Å². The van der Waals surface area contributed by atoms with Crippen LogP contribution in [0.4, 0.5) is 0 Å². The van der Waals surface area contributed by atoms with Gasteiger partial charge in [0.25, 0.3) is 0 Å². The molecule has 1 aliphatic heterocycles. The van der Waals surface area contributed by atoms with Crippen molar-refractivity contribution in [3.63, 3.8) is 0 Å². The summed E-state index contributed by atoms with van der Waals surface area (Å²) < 4.78 is 26.6. The Morgan fingerprint density at radius 2 is 2.22 bits per heavy atom. The molecule has 0 bridgehead atoms. The molecule has 1 aromatic rings. The van der Waals surface area contributed by atoms with Crippen molar-refractivity contribution >= 4 is 15.9 Å². The van der Waals surface area contributed by atoms with Crippen molar-refractivity contribution in [3.05, 3.63) is 17.5 Å². The smallest absolute Gasteiger partial charge is 0.224 e. The van der Waals surface area contributed by atoms with Gasteiger partial charge in [-0.1, -0.05) is 0 Å². The van der Waals surface area contributed by atoms with Gasteiger partial charge >= 0.3 is 0 Å². The van der Waals surface area contributed by atoms with Gasteiger partial charge in [0.05, 0.1) is 24.4 Å². The van der Waals surface area contributed by atoms with Crippen molar-refractivity contribution in [2.45, 2.75) is 46.2 Å². The number of amides is 1. The zero-order valence-electron chi connectivity index (χ0n) is 14.2. The molecule has 1 saturated heterocycles. The molecule has 1 amide bonds. The average Bonchev–Trinajstić information content (AvgIpc) is 2.87. The number of hydrogen-bond acceptors (Lipinski definition) is 4. The Morgan fingerprint density at radius 1 is 1.52 bits per heavy atom. The van der Waals surface area contributed by atoms with Crippen LogP contribution < -0.4 is 5.32 Å². The van der Waals surface area contributed by atoms with Gasteiger partial charge in [-0.3, -0.25) is 9.48 Å². The molecule has 7 nitrogen and oxygen atoms in total. The Hall–Kier alpha value is -1.41. The zero-order chi connectivity index (χ0) is 17.2. The molecule has 1 aliphatic rings. The second kappa shape index (κ2) is 7.00. The largest absolute Gasteiger partial charge is 0.349 e. The van der Waals surface area contributed by atoms with Gasteiger partial charge in [-0.05, 0) is 33.6 Å². The Morgan fingerprint density at radius 3 is 2.78 bits per heavy atom. The number of aryl methyl sites for hydroxylation is 1. The van der Waals surface area contributed by atoms with Crippen LogP contribution in [0, 0.1) is 12.8 Å². The summed E-state index contributed by atoms with van der Waals surface area (Å²) >= 11 is 0. The number of carbonyl (C=O) groups excluding carboxylic acids is 1. The third-order valence-corrected chi connectivity index (χ3v) is 5.76. The van der Waals surface area contributed by atoms with Crippen molar-refractivity contribution < 1.29 is 13.2 Å². The van der Waals surface area contributed by atoms with Crippen LogP contribution in [-0.2, 0) is 21.4 Å². The predicted octanol–water partition coefficient (Wildman–Crippen LogP) is 1.06. The Labute approximate surface area is 138 Å². The second-order valence-electron chi connectivity index (χ2n) is 6.19. The first-order valence-electron chi connectivity index (χ1n) is 8.01. The molecular formula is C15H26N4O3S. The topological polar surface area (TPSA) is 84.3 Å². The zero-order valence-corrected chi connectivity index (χ0v) is 15.1. The molecule has 2 rings (SSSR count). The number of nitrogens with zero attached hydrogens (tertiary/aromatic N) is 3. The van der Waals surface area contributed by atoms with Gasteiger partial charge < -0.3 is 5.32 Å². The van der Waals surface area contributed by atoms with Crippen molar-refractivity contribution in [3.8, 4) is 0 Å². The second-order valence-corrected chi connectivity index (χ2v) is 8.17. The monoisotopic (exact) mass is 342 g/mol. The van der Waals surface area contributed by atoms with Crippen molar-refractivity contribution in [2.75, 3.05) is 19.3 Å². The van der Waals surface area contributed by atoms with Gasteiger partial charge in [0, 0.05) is 30.9 Å². The number of sulfonamides is 1. The number of rotatable bonds is 5. The first kappa shape index (κ1) is 17.9. The van der Waals surface area contributed by atoms with E-state index in [9.17, 15) is 13.2 Å². The molecule has 1 N–H and O–H groups in total. The molecule has 0 aromatic carbocycles. The fourth-order valence-electron chi connectivity index (χ4n) is 3.07.